The summed E-state index contributed by atoms with van der Waals surface area (Å²) in [7, 11) is 0. The van der Waals surface area contributed by atoms with E-state index in [0.29, 0.717) is 24.7 Å². The van der Waals surface area contributed by atoms with E-state index in [4.69, 9.17) is 12.3 Å². The maximum absolute atomic E-state index is 13.6. The number of carbonyl (C=O) groups is 2. The van der Waals surface area contributed by atoms with Crippen LogP contribution in [-0.4, -0.2) is 23.4 Å². The number of amides is 2. The van der Waals surface area contributed by atoms with Gasteiger partial charge < -0.3 is 10.6 Å². The van der Waals surface area contributed by atoms with E-state index in [-0.39, 0.29) is 23.3 Å². The number of fused-ring (bicyclic) bond motifs is 5. The SMILES string of the molecule is [2H]C([2H])([2H])C(NC(=O)[C@@H]1CC[C@@H]2[C@H]3CC[C@@H]4NC(=O)C=C[C@@]4(C)[C@@H]3CC[C@]21C)(C([2H])([2H])[2H])C([2H])([2H])[2H]. The molecule has 0 radical (unpaired) electrons. The summed E-state index contributed by atoms with van der Waals surface area (Å²) in [6.45, 7) is -6.22. The van der Waals surface area contributed by atoms with Gasteiger partial charge in [-0.2, -0.15) is 0 Å². The fourth-order valence-corrected chi connectivity index (χ4v) is 7.04. The lowest BCUT2D eigenvalue weighted by Gasteiger charge is -2.58. The number of nitrogens with one attached hydrogen (secondary N) is 2. The predicted molar refractivity (Wildman–Crippen MR) is 107 cm³/mol. The molecule has 150 valence electrons. The van der Waals surface area contributed by atoms with Crippen LogP contribution in [0.1, 0.15) is 85.3 Å². The van der Waals surface area contributed by atoms with Gasteiger partial charge in [-0.1, -0.05) is 19.9 Å². The van der Waals surface area contributed by atoms with Crippen LogP contribution in [-0.2, 0) is 9.59 Å². The van der Waals surface area contributed by atoms with Gasteiger partial charge in [0.25, 0.3) is 0 Å². The van der Waals surface area contributed by atoms with Crippen LogP contribution in [0.2, 0.25) is 0 Å². The predicted octanol–water partition coefficient (Wildman–Crippen LogP) is 3.81. The van der Waals surface area contributed by atoms with Gasteiger partial charge in [-0.05, 0) is 88.3 Å². The fourth-order valence-electron chi connectivity index (χ4n) is 7.04. The summed E-state index contributed by atoms with van der Waals surface area (Å²) in [5.74, 6) is -0.762. The lowest BCUT2D eigenvalue weighted by Crippen LogP contribution is -2.59. The van der Waals surface area contributed by atoms with Gasteiger partial charge in [-0.25, -0.2) is 0 Å². The summed E-state index contributed by atoms with van der Waals surface area (Å²) in [6.07, 6.45) is 8.05. The molecule has 2 amide bonds. The number of carbonyl (C=O) groups excluding carboxylic acids is 2. The van der Waals surface area contributed by atoms with Crippen molar-refractivity contribution in [3.63, 3.8) is 0 Å². The van der Waals surface area contributed by atoms with Gasteiger partial charge in [-0.15, -0.1) is 0 Å². The maximum Gasteiger partial charge on any atom is 0.243 e. The monoisotopic (exact) mass is 381 g/mol. The van der Waals surface area contributed by atoms with Crippen molar-refractivity contribution in [2.24, 2.45) is 34.5 Å². The molecule has 4 rings (SSSR count). The van der Waals surface area contributed by atoms with E-state index in [1.54, 1.807) is 6.08 Å². The molecule has 4 aliphatic rings. The molecule has 4 nitrogen and oxygen atoms in total. The third-order valence-corrected chi connectivity index (χ3v) is 8.31. The highest BCUT2D eigenvalue weighted by molar-refractivity contribution is 5.89. The Labute approximate surface area is 176 Å². The van der Waals surface area contributed by atoms with Crippen LogP contribution >= 0.6 is 0 Å². The van der Waals surface area contributed by atoms with Gasteiger partial charge in [0.05, 0.1) is 0 Å². The molecular formula is C23H36N2O2. The van der Waals surface area contributed by atoms with E-state index < -0.39 is 43.3 Å². The lowest BCUT2D eigenvalue weighted by atomic mass is 9.48. The quantitative estimate of drug-likeness (QED) is 0.725. The van der Waals surface area contributed by atoms with Crippen LogP contribution in [0.5, 0.6) is 0 Å². The van der Waals surface area contributed by atoms with E-state index in [0.717, 1.165) is 25.7 Å². The van der Waals surface area contributed by atoms with Crippen molar-refractivity contribution in [1.29, 1.82) is 0 Å². The molecular weight excluding hydrogens is 336 g/mol. The van der Waals surface area contributed by atoms with Crippen molar-refractivity contribution in [3.05, 3.63) is 12.2 Å². The first kappa shape index (κ1) is 11.0. The highest BCUT2D eigenvalue weighted by atomic mass is 16.2. The number of rotatable bonds is 1. The molecule has 0 aromatic heterocycles. The first-order valence-corrected chi connectivity index (χ1v) is 10.1. The average Bonchev–Trinajstić information content (AvgIpc) is 3.07. The zero-order valence-corrected chi connectivity index (χ0v) is 16.1. The molecule has 4 heteroatoms. The van der Waals surface area contributed by atoms with E-state index in [1.807, 2.05) is 13.0 Å². The van der Waals surface area contributed by atoms with Crippen LogP contribution in [0, 0.1) is 34.5 Å². The minimum absolute atomic E-state index is 0.0691. The molecule has 0 aromatic rings. The molecule has 3 saturated carbocycles. The second-order valence-electron chi connectivity index (χ2n) is 9.63. The van der Waals surface area contributed by atoms with Gasteiger partial charge >= 0.3 is 0 Å². The summed E-state index contributed by atoms with van der Waals surface area (Å²) in [5, 5.41) is 5.20. The Morgan fingerprint density at radius 2 is 1.96 bits per heavy atom. The third-order valence-electron chi connectivity index (χ3n) is 8.31. The first-order valence-electron chi connectivity index (χ1n) is 14.6. The summed E-state index contributed by atoms with van der Waals surface area (Å²) in [5.41, 5.74) is -4.04. The molecule has 2 N–H and O–H groups in total. The zero-order valence-electron chi connectivity index (χ0n) is 25.1. The Morgan fingerprint density at radius 3 is 2.70 bits per heavy atom. The Kier molecular flexibility index (Phi) is 2.48. The van der Waals surface area contributed by atoms with E-state index in [1.165, 1.54) is 0 Å². The van der Waals surface area contributed by atoms with Crippen LogP contribution in [0.25, 0.3) is 0 Å². The number of hydrogen-bond donors (Lipinski definition) is 2. The summed E-state index contributed by atoms with van der Waals surface area (Å²) >= 11 is 0. The summed E-state index contributed by atoms with van der Waals surface area (Å²) < 4.78 is 70.6. The highest BCUT2D eigenvalue weighted by Crippen LogP contribution is 2.65. The van der Waals surface area contributed by atoms with Gasteiger partial charge in [-0.3, -0.25) is 9.59 Å². The standard InChI is InChI=1S/C23H36N2O2/c1-21(2,3)25-20(27)17-8-7-15-14-6-9-18-23(5,13-11-19(26)24-18)16(14)10-12-22(15,17)4/h11,13-18H,6-10,12H2,1-5H3,(H,24,26)(H,25,27)/t14-,15-,16-,17+,18+,22-,23+/m1/s1/i1D3,2D3,3D3. The van der Waals surface area contributed by atoms with Crippen molar-refractivity contribution >= 4 is 11.8 Å². The molecule has 3 fully saturated rings. The summed E-state index contributed by atoms with van der Waals surface area (Å²) in [6, 6.07) is 0.0691. The molecule has 0 aromatic carbocycles. The smallest absolute Gasteiger partial charge is 0.243 e. The Bertz CT molecular complexity index is 921. The first-order chi connectivity index (χ1) is 16.3. The summed E-state index contributed by atoms with van der Waals surface area (Å²) in [4.78, 5) is 25.6. The van der Waals surface area contributed by atoms with Crippen LogP contribution in [0.3, 0.4) is 0 Å². The van der Waals surface area contributed by atoms with E-state index >= 15 is 0 Å². The lowest BCUT2D eigenvalue weighted by molar-refractivity contribution is -0.135. The second-order valence-corrected chi connectivity index (χ2v) is 9.63. The van der Waals surface area contributed by atoms with Crippen molar-refractivity contribution < 1.29 is 21.9 Å². The molecule has 27 heavy (non-hydrogen) atoms. The van der Waals surface area contributed by atoms with E-state index in [9.17, 15) is 9.59 Å². The Hall–Kier alpha value is -1.32. The number of hydrogen-bond acceptors (Lipinski definition) is 2. The molecule has 1 heterocycles. The van der Waals surface area contributed by atoms with Gasteiger partial charge in [0.2, 0.25) is 11.8 Å². The van der Waals surface area contributed by atoms with Gasteiger partial charge in [0.1, 0.15) is 0 Å². The zero-order chi connectivity index (χ0) is 27.1. The minimum atomic E-state index is -3.47. The molecule has 0 saturated heterocycles. The van der Waals surface area contributed by atoms with Crippen molar-refractivity contribution in [2.45, 2.75) is 84.5 Å². The fraction of sp³-hybridized carbons (Fsp3) is 0.826. The van der Waals surface area contributed by atoms with Gasteiger partial charge in [0.15, 0.2) is 0 Å². The second kappa shape index (κ2) is 6.09. The van der Waals surface area contributed by atoms with Crippen molar-refractivity contribution in [2.75, 3.05) is 0 Å². The molecule has 0 spiro atoms. The van der Waals surface area contributed by atoms with Gasteiger partial charge in [0, 0.05) is 35.3 Å². The van der Waals surface area contributed by atoms with E-state index in [2.05, 4.69) is 17.6 Å². The Balaban J connectivity index is 1.63. The third kappa shape index (κ3) is 2.94. The maximum atomic E-state index is 13.6. The largest absolute Gasteiger partial charge is 0.351 e. The Morgan fingerprint density at radius 1 is 1.19 bits per heavy atom. The van der Waals surface area contributed by atoms with Crippen molar-refractivity contribution in [3.8, 4) is 0 Å². The molecule has 0 bridgehead atoms. The van der Waals surface area contributed by atoms with Crippen LogP contribution in [0.4, 0.5) is 0 Å². The molecule has 7 atom stereocenters. The molecule has 3 aliphatic carbocycles. The minimum Gasteiger partial charge on any atom is -0.351 e. The van der Waals surface area contributed by atoms with Crippen molar-refractivity contribution in [1.82, 2.24) is 10.6 Å². The topological polar surface area (TPSA) is 58.2 Å². The average molecular weight is 382 g/mol. The van der Waals surface area contributed by atoms with Crippen LogP contribution < -0.4 is 10.6 Å². The normalized spacial score (nSPS) is 52.4. The highest BCUT2D eigenvalue weighted by Gasteiger charge is 2.60. The molecule has 1 aliphatic heterocycles. The molecule has 0 unspecified atom stereocenters. The van der Waals surface area contributed by atoms with Crippen LogP contribution in [0.15, 0.2) is 12.2 Å².